The molecule has 15 heavy (non-hydrogen) atoms. The Labute approximate surface area is 100 Å². The molecule has 0 N–H and O–H groups in total. The van der Waals surface area contributed by atoms with E-state index in [-0.39, 0.29) is 0 Å². The van der Waals surface area contributed by atoms with Crippen molar-refractivity contribution in [1.82, 2.24) is 9.55 Å². The summed E-state index contributed by atoms with van der Waals surface area (Å²) in [7, 11) is 0. The zero-order chi connectivity index (χ0) is 10.6. The van der Waals surface area contributed by atoms with Crippen LogP contribution < -0.4 is 0 Å². The zero-order valence-electron chi connectivity index (χ0n) is 9.19. The molecule has 1 aromatic rings. The SMILES string of the molecule is CCC1(CCCn2ccnc2)SCCS1. The van der Waals surface area contributed by atoms with Crippen LogP contribution in [-0.4, -0.2) is 25.1 Å². The highest BCUT2D eigenvalue weighted by Crippen LogP contribution is 2.49. The predicted molar refractivity (Wildman–Crippen MR) is 69.4 cm³/mol. The number of aryl methyl sites for hydroxylation is 1. The van der Waals surface area contributed by atoms with Crippen LogP contribution in [0.25, 0.3) is 0 Å². The lowest BCUT2D eigenvalue weighted by Crippen LogP contribution is -2.16. The minimum atomic E-state index is 0.528. The molecule has 0 atom stereocenters. The first kappa shape index (κ1) is 11.4. The summed E-state index contributed by atoms with van der Waals surface area (Å²) in [6.45, 7) is 3.44. The van der Waals surface area contributed by atoms with Crippen LogP contribution in [0.4, 0.5) is 0 Å². The topological polar surface area (TPSA) is 17.8 Å². The van der Waals surface area contributed by atoms with E-state index in [2.05, 4.69) is 40.0 Å². The van der Waals surface area contributed by atoms with Crippen molar-refractivity contribution in [3.05, 3.63) is 18.7 Å². The van der Waals surface area contributed by atoms with Crippen molar-refractivity contribution >= 4 is 23.5 Å². The van der Waals surface area contributed by atoms with E-state index in [1.54, 1.807) is 0 Å². The first-order valence-corrected chi connectivity index (χ1v) is 7.55. The Balaban J connectivity index is 1.77. The highest BCUT2D eigenvalue weighted by Gasteiger charge is 2.32. The molecule has 2 rings (SSSR count). The number of thioether (sulfide) groups is 2. The molecule has 84 valence electrons. The minimum absolute atomic E-state index is 0.528. The van der Waals surface area contributed by atoms with Crippen molar-refractivity contribution in [2.24, 2.45) is 0 Å². The third-order valence-electron chi connectivity index (χ3n) is 2.89. The Morgan fingerprint density at radius 1 is 1.40 bits per heavy atom. The summed E-state index contributed by atoms with van der Waals surface area (Å²) in [6.07, 6.45) is 9.71. The fraction of sp³-hybridized carbons (Fsp3) is 0.727. The molecule has 0 amide bonds. The average Bonchev–Trinajstić information content (AvgIpc) is 2.89. The van der Waals surface area contributed by atoms with Crippen molar-refractivity contribution < 1.29 is 0 Å². The molecule has 2 nitrogen and oxygen atoms in total. The van der Waals surface area contributed by atoms with Crippen molar-refractivity contribution in [1.29, 1.82) is 0 Å². The van der Waals surface area contributed by atoms with Gasteiger partial charge in [-0.25, -0.2) is 4.98 Å². The van der Waals surface area contributed by atoms with Gasteiger partial charge in [0.05, 0.1) is 10.4 Å². The van der Waals surface area contributed by atoms with E-state index >= 15 is 0 Å². The van der Waals surface area contributed by atoms with E-state index in [0.717, 1.165) is 6.54 Å². The molecule has 1 fully saturated rings. The fourth-order valence-corrected chi connectivity index (χ4v) is 5.20. The molecule has 0 spiro atoms. The number of rotatable bonds is 5. The maximum atomic E-state index is 4.06. The lowest BCUT2D eigenvalue weighted by atomic mass is 10.2. The number of nitrogens with zero attached hydrogens (tertiary/aromatic N) is 2. The third-order valence-corrected chi connectivity index (χ3v) is 6.71. The van der Waals surface area contributed by atoms with Crippen LogP contribution in [0.1, 0.15) is 26.2 Å². The van der Waals surface area contributed by atoms with Gasteiger partial charge in [-0.05, 0) is 19.3 Å². The van der Waals surface area contributed by atoms with Gasteiger partial charge in [0.25, 0.3) is 0 Å². The van der Waals surface area contributed by atoms with E-state index in [1.165, 1.54) is 30.8 Å². The summed E-state index contributed by atoms with van der Waals surface area (Å²) in [4.78, 5) is 4.06. The van der Waals surface area contributed by atoms with Crippen LogP contribution in [-0.2, 0) is 6.54 Å². The Bertz CT molecular complexity index is 279. The summed E-state index contributed by atoms with van der Waals surface area (Å²) in [5.74, 6) is 2.67. The van der Waals surface area contributed by atoms with Crippen LogP contribution >= 0.6 is 23.5 Å². The standard InChI is InChI=1S/C11H18N2S2/c1-2-11(14-8-9-15-11)4-3-6-13-7-5-12-10-13/h5,7,10H,2-4,6,8-9H2,1H3. The second kappa shape index (κ2) is 5.30. The largest absolute Gasteiger partial charge is 0.337 e. The second-order valence-electron chi connectivity index (χ2n) is 3.87. The third kappa shape index (κ3) is 2.94. The van der Waals surface area contributed by atoms with E-state index in [1.807, 2.05) is 18.7 Å². The quantitative estimate of drug-likeness (QED) is 0.789. The number of hydrogen-bond donors (Lipinski definition) is 0. The molecule has 0 bridgehead atoms. The van der Waals surface area contributed by atoms with Gasteiger partial charge in [0, 0.05) is 30.4 Å². The highest BCUT2D eigenvalue weighted by molar-refractivity contribution is 8.21. The zero-order valence-corrected chi connectivity index (χ0v) is 10.8. The molecule has 0 saturated carbocycles. The second-order valence-corrected chi connectivity index (χ2v) is 7.08. The Hall–Kier alpha value is -0.0900. The predicted octanol–water partition coefficient (Wildman–Crippen LogP) is 3.25. The average molecular weight is 242 g/mol. The molecule has 0 radical (unpaired) electrons. The lowest BCUT2D eigenvalue weighted by Gasteiger charge is -2.25. The lowest BCUT2D eigenvalue weighted by molar-refractivity contribution is 0.573. The van der Waals surface area contributed by atoms with Crippen LogP contribution in [0.5, 0.6) is 0 Å². The molecule has 1 aromatic heterocycles. The molecule has 0 aromatic carbocycles. The summed E-state index contributed by atoms with van der Waals surface area (Å²) in [5.41, 5.74) is 0. The van der Waals surface area contributed by atoms with Gasteiger partial charge in [0.1, 0.15) is 0 Å². The van der Waals surface area contributed by atoms with E-state index in [0.29, 0.717) is 4.08 Å². The van der Waals surface area contributed by atoms with Crippen LogP contribution in [0, 0.1) is 0 Å². The van der Waals surface area contributed by atoms with Gasteiger partial charge in [-0.3, -0.25) is 0 Å². The number of imidazole rings is 1. The fourth-order valence-electron chi connectivity index (χ4n) is 1.97. The van der Waals surface area contributed by atoms with Gasteiger partial charge in [-0.15, -0.1) is 23.5 Å². The first-order valence-electron chi connectivity index (χ1n) is 5.58. The van der Waals surface area contributed by atoms with Gasteiger partial charge >= 0.3 is 0 Å². The monoisotopic (exact) mass is 242 g/mol. The smallest absolute Gasteiger partial charge is 0.0945 e. The van der Waals surface area contributed by atoms with Gasteiger partial charge in [0.2, 0.25) is 0 Å². The van der Waals surface area contributed by atoms with Gasteiger partial charge < -0.3 is 4.57 Å². The van der Waals surface area contributed by atoms with Gasteiger partial charge in [-0.1, -0.05) is 6.92 Å². The van der Waals surface area contributed by atoms with Crippen LogP contribution in [0.2, 0.25) is 0 Å². The van der Waals surface area contributed by atoms with Crippen molar-refractivity contribution in [2.45, 2.75) is 36.8 Å². The Kier molecular flexibility index (Phi) is 4.03. The molecule has 1 aliphatic heterocycles. The van der Waals surface area contributed by atoms with E-state index in [4.69, 9.17) is 0 Å². The maximum Gasteiger partial charge on any atom is 0.0945 e. The highest BCUT2D eigenvalue weighted by atomic mass is 32.2. The van der Waals surface area contributed by atoms with Crippen molar-refractivity contribution in [2.75, 3.05) is 11.5 Å². The minimum Gasteiger partial charge on any atom is -0.337 e. The molecule has 4 heteroatoms. The van der Waals surface area contributed by atoms with Crippen molar-refractivity contribution in [3.8, 4) is 0 Å². The summed E-state index contributed by atoms with van der Waals surface area (Å²) in [5, 5.41) is 0. The molecule has 0 aliphatic carbocycles. The van der Waals surface area contributed by atoms with Gasteiger partial charge in [-0.2, -0.15) is 0 Å². The molecule has 2 heterocycles. The normalized spacial score (nSPS) is 19.5. The molecular formula is C11H18N2S2. The Morgan fingerprint density at radius 2 is 2.20 bits per heavy atom. The van der Waals surface area contributed by atoms with Crippen LogP contribution in [0.15, 0.2) is 18.7 Å². The number of hydrogen-bond acceptors (Lipinski definition) is 3. The van der Waals surface area contributed by atoms with E-state index in [9.17, 15) is 0 Å². The molecule has 0 unspecified atom stereocenters. The number of aromatic nitrogens is 2. The molecular weight excluding hydrogens is 224 g/mol. The summed E-state index contributed by atoms with van der Waals surface area (Å²) >= 11 is 4.33. The molecule has 1 saturated heterocycles. The Morgan fingerprint density at radius 3 is 2.80 bits per heavy atom. The molecule has 1 aliphatic rings. The maximum absolute atomic E-state index is 4.06. The van der Waals surface area contributed by atoms with E-state index < -0.39 is 0 Å². The summed E-state index contributed by atoms with van der Waals surface area (Å²) < 4.78 is 2.70. The van der Waals surface area contributed by atoms with Gasteiger partial charge in [0.15, 0.2) is 0 Å². The summed E-state index contributed by atoms with van der Waals surface area (Å²) in [6, 6.07) is 0. The van der Waals surface area contributed by atoms with Crippen LogP contribution in [0.3, 0.4) is 0 Å². The first-order chi connectivity index (χ1) is 7.35. The van der Waals surface area contributed by atoms with Crippen molar-refractivity contribution in [3.63, 3.8) is 0 Å².